The number of rotatable bonds is 10. The summed E-state index contributed by atoms with van der Waals surface area (Å²) >= 11 is 0. The number of imidazole rings is 2. The zero-order valence-corrected chi connectivity index (χ0v) is 32.8. The number of alkyl carbamates (subject to hydrolysis) is 2. The summed E-state index contributed by atoms with van der Waals surface area (Å²) in [7, 11) is 2.54. The van der Waals surface area contributed by atoms with Crippen LogP contribution >= 0.6 is 0 Å². The average Bonchev–Trinajstić information content (AvgIpc) is 4.12. The van der Waals surface area contributed by atoms with Gasteiger partial charge in [0.1, 0.15) is 29.4 Å². The highest BCUT2D eigenvalue weighted by Crippen LogP contribution is 2.35. The summed E-state index contributed by atoms with van der Waals surface area (Å²) in [5, 5.41) is 16.4. The summed E-state index contributed by atoms with van der Waals surface area (Å²) in [4.78, 5) is 70.5. The number of benzene rings is 3. The van der Waals surface area contributed by atoms with Gasteiger partial charge >= 0.3 is 12.2 Å². The molecule has 5 heterocycles. The van der Waals surface area contributed by atoms with Gasteiger partial charge in [-0.3, -0.25) is 9.59 Å². The van der Waals surface area contributed by atoms with Crippen LogP contribution < -0.4 is 10.6 Å². The molecule has 16 heteroatoms. The fourth-order valence-electron chi connectivity index (χ4n) is 7.94. The number of methoxy groups -OCH3 is 2. The summed E-state index contributed by atoms with van der Waals surface area (Å²) in [5.41, 5.74) is 5.37. The maximum atomic E-state index is 13.9. The number of fused-ring (bicyclic) bond motifs is 1. The molecule has 0 unspecified atom stereocenters. The van der Waals surface area contributed by atoms with Crippen molar-refractivity contribution in [3.05, 3.63) is 108 Å². The van der Waals surface area contributed by atoms with Gasteiger partial charge in [-0.25, -0.2) is 19.6 Å². The summed E-state index contributed by atoms with van der Waals surface area (Å²) in [6.07, 6.45) is 5.28. The third-order valence-electron chi connectivity index (χ3n) is 11.0. The Bertz CT molecular complexity index is 2490. The van der Waals surface area contributed by atoms with Crippen molar-refractivity contribution in [2.24, 2.45) is 0 Å². The van der Waals surface area contributed by atoms with Crippen molar-refractivity contribution < 1.29 is 28.7 Å². The molecule has 2 saturated heterocycles. The molecule has 2 aliphatic rings. The Morgan fingerprint density at radius 3 is 1.88 bits per heavy atom. The molecule has 4 N–H and O–H groups in total. The number of ether oxygens (including phenoxy) is 2. The molecule has 0 spiro atoms. The SMILES string of the molecule is COC(=O)N[C@@H](C)C(=O)N1CCC[C@H]1c1ncc(-c2ccc3cc(-c4ccc(-c5cnc([C@@H]6CCCN6C(=O)[C@H](NC(=O)OC)c6ccccc6)[nH]5)nn4)ccc3c2)[nH]1. The first-order valence-electron chi connectivity index (χ1n) is 19.5. The Hall–Kier alpha value is -7.10. The van der Waals surface area contributed by atoms with Crippen molar-refractivity contribution in [3.8, 4) is 33.9 Å². The highest BCUT2D eigenvalue weighted by Gasteiger charge is 2.37. The number of likely N-dealkylation sites (tertiary alicyclic amines) is 2. The smallest absolute Gasteiger partial charge is 0.407 e. The third-order valence-corrected chi connectivity index (χ3v) is 11.0. The van der Waals surface area contributed by atoms with Crippen LogP contribution in [0.1, 0.15) is 67.9 Å². The van der Waals surface area contributed by atoms with E-state index >= 15 is 0 Å². The lowest BCUT2D eigenvalue weighted by Crippen LogP contribution is -2.46. The number of nitrogens with zero attached hydrogens (tertiary/aromatic N) is 6. The standard InChI is InChI=1S/C43H44N10O6/c1-25(46-42(56)58-2)40(54)52-19-7-11-35(52)38-44-23-33(47-38)30-16-14-27-21-29(15-13-28(27)22-30)31-17-18-32(51-50-31)34-24-45-39(48-34)36-12-8-20-53(36)41(55)37(49-43(57)59-3)26-9-5-4-6-10-26/h4-6,9-10,13-18,21-25,35-37H,7-8,11-12,19-20H2,1-3H3,(H,44,47)(H,45,48)(H,46,56)(H,49,57)/t25-,35-,36-,37+/m0/s1. The molecule has 59 heavy (non-hydrogen) atoms. The lowest BCUT2D eigenvalue weighted by molar-refractivity contribution is -0.135. The minimum absolute atomic E-state index is 0.182. The average molecular weight is 797 g/mol. The van der Waals surface area contributed by atoms with E-state index in [2.05, 4.69) is 63.7 Å². The Morgan fingerprint density at radius 2 is 1.24 bits per heavy atom. The molecular formula is C43H44N10O6. The monoisotopic (exact) mass is 796 g/mol. The van der Waals surface area contributed by atoms with Gasteiger partial charge in [0.05, 0.1) is 55.8 Å². The lowest BCUT2D eigenvalue weighted by atomic mass is 10.0. The molecule has 6 aromatic rings. The van der Waals surface area contributed by atoms with Crippen molar-refractivity contribution in [2.45, 2.75) is 56.8 Å². The fourth-order valence-corrected chi connectivity index (χ4v) is 7.94. The Labute approximate surface area is 339 Å². The molecule has 8 rings (SSSR count). The fraction of sp³-hybridized carbons (Fsp3) is 0.302. The van der Waals surface area contributed by atoms with Crippen LogP contribution in [0.4, 0.5) is 9.59 Å². The van der Waals surface area contributed by atoms with Crippen molar-refractivity contribution in [1.29, 1.82) is 0 Å². The van der Waals surface area contributed by atoms with Crippen molar-refractivity contribution in [2.75, 3.05) is 27.3 Å². The Morgan fingerprint density at radius 1 is 0.678 bits per heavy atom. The van der Waals surface area contributed by atoms with Gasteiger partial charge in [0.25, 0.3) is 5.91 Å². The summed E-state index contributed by atoms with van der Waals surface area (Å²) < 4.78 is 9.47. The van der Waals surface area contributed by atoms with Gasteiger partial charge in [0.2, 0.25) is 5.91 Å². The van der Waals surface area contributed by atoms with Gasteiger partial charge in [0, 0.05) is 24.2 Å². The molecule has 4 atom stereocenters. The minimum atomic E-state index is -0.901. The molecule has 0 radical (unpaired) electrons. The second-order valence-electron chi connectivity index (χ2n) is 14.7. The number of aromatic amines is 2. The van der Waals surface area contributed by atoms with E-state index in [0.717, 1.165) is 53.3 Å². The van der Waals surface area contributed by atoms with Crippen molar-refractivity contribution in [1.82, 2.24) is 50.6 Å². The Balaban J connectivity index is 0.940. The molecule has 2 aliphatic heterocycles. The minimum Gasteiger partial charge on any atom is -0.453 e. The third kappa shape index (κ3) is 8.06. The number of amides is 4. The van der Waals surface area contributed by atoms with Crippen LogP contribution in [0.2, 0.25) is 0 Å². The number of carbonyl (C=O) groups excluding carboxylic acids is 4. The van der Waals surface area contributed by atoms with E-state index in [1.54, 1.807) is 41.2 Å². The normalized spacial score (nSPS) is 17.4. The van der Waals surface area contributed by atoms with Gasteiger partial charge < -0.3 is 39.9 Å². The summed E-state index contributed by atoms with van der Waals surface area (Å²) in [5.74, 6) is 0.922. The number of nitrogens with one attached hydrogen (secondary N) is 4. The molecule has 0 aliphatic carbocycles. The van der Waals surface area contributed by atoms with E-state index in [1.807, 2.05) is 48.5 Å². The van der Waals surface area contributed by atoms with Gasteiger partial charge in [-0.2, -0.15) is 0 Å². The number of hydrogen-bond donors (Lipinski definition) is 4. The Kier molecular flexibility index (Phi) is 11.0. The summed E-state index contributed by atoms with van der Waals surface area (Å²) in [6.45, 7) is 2.76. The van der Waals surface area contributed by atoms with Crippen LogP contribution in [-0.2, 0) is 19.1 Å². The van der Waals surface area contributed by atoms with Crippen LogP contribution in [0.25, 0.3) is 44.7 Å². The van der Waals surface area contributed by atoms with E-state index in [0.29, 0.717) is 47.4 Å². The van der Waals surface area contributed by atoms with Gasteiger partial charge in [-0.15, -0.1) is 10.2 Å². The number of aromatic nitrogens is 6. The van der Waals surface area contributed by atoms with E-state index in [1.165, 1.54) is 14.2 Å². The highest BCUT2D eigenvalue weighted by molar-refractivity contribution is 5.90. The van der Waals surface area contributed by atoms with E-state index in [4.69, 9.17) is 4.74 Å². The zero-order valence-electron chi connectivity index (χ0n) is 32.8. The first-order chi connectivity index (χ1) is 28.7. The van der Waals surface area contributed by atoms with Crippen LogP contribution in [0, 0.1) is 0 Å². The van der Waals surface area contributed by atoms with Crippen LogP contribution in [-0.4, -0.2) is 97.3 Å². The number of H-pyrrole nitrogens is 2. The van der Waals surface area contributed by atoms with Gasteiger partial charge in [-0.05, 0) is 73.2 Å². The maximum absolute atomic E-state index is 13.9. The van der Waals surface area contributed by atoms with Gasteiger partial charge in [0.15, 0.2) is 0 Å². The van der Waals surface area contributed by atoms with Gasteiger partial charge in [-0.1, -0.05) is 54.6 Å². The maximum Gasteiger partial charge on any atom is 0.407 e. The molecule has 2 fully saturated rings. The van der Waals surface area contributed by atoms with E-state index in [-0.39, 0.29) is 23.9 Å². The second-order valence-corrected chi connectivity index (χ2v) is 14.7. The highest BCUT2D eigenvalue weighted by atomic mass is 16.5. The zero-order chi connectivity index (χ0) is 41.0. The number of hydrogen-bond acceptors (Lipinski definition) is 10. The van der Waals surface area contributed by atoms with Crippen molar-refractivity contribution in [3.63, 3.8) is 0 Å². The second kappa shape index (κ2) is 16.8. The molecular weight excluding hydrogens is 753 g/mol. The quantitative estimate of drug-likeness (QED) is 0.123. The van der Waals surface area contributed by atoms with Crippen LogP contribution in [0.5, 0.6) is 0 Å². The largest absolute Gasteiger partial charge is 0.453 e. The predicted octanol–water partition coefficient (Wildman–Crippen LogP) is 6.25. The first kappa shape index (κ1) is 38.8. The van der Waals surface area contributed by atoms with Crippen molar-refractivity contribution >= 4 is 34.8 Å². The molecule has 4 amide bonds. The van der Waals surface area contributed by atoms with Crippen LogP contribution in [0.3, 0.4) is 0 Å². The molecule has 0 saturated carbocycles. The molecule has 3 aromatic heterocycles. The summed E-state index contributed by atoms with van der Waals surface area (Å²) in [6, 6.07) is 23.1. The molecule has 0 bridgehead atoms. The number of carbonyl (C=O) groups is 4. The first-order valence-corrected chi connectivity index (χ1v) is 19.5. The molecule has 3 aromatic carbocycles. The van der Waals surface area contributed by atoms with Crippen LogP contribution in [0.15, 0.2) is 91.3 Å². The lowest BCUT2D eigenvalue weighted by Gasteiger charge is -2.28. The molecule has 302 valence electrons. The molecule has 16 nitrogen and oxygen atoms in total. The predicted molar refractivity (Wildman–Crippen MR) is 217 cm³/mol. The van der Waals surface area contributed by atoms with E-state index < -0.39 is 24.3 Å². The van der Waals surface area contributed by atoms with E-state index in [9.17, 15) is 19.2 Å². The topological polar surface area (TPSA) is 200 Å².